The fourth-order valence-corrected chi connectivity index (χ4v) is 4.21. The van der Waals surface area contributed by atoms with E-state index in [9.17, 15) is 0 Å². The normalized spacial score (nSPS) is 10.8. The molecule has 0 saturated heterocycles. The number of methoxy groups -OCH3 is 1. The maximum absolute atomic E-state index is 5.25. The van der Waals surface area contributed by atoms with Crippen molar-refractivity contribution in [3.63, 3.8) is 0 Å². The molecule has 1 aromatic heterocycles. The molecular formula is C21H24NOS+. The number of ether oxygens (including phenoxy) is 1. The summed E-state index contributed by atoms with van der Waals surface area (Å²) in [4.78, 5) is 3.68. The third-order valence-corrected chi connectivity index (χ3v) is 5.61. The molecule has 3 aromatic rings. The van der Waals surface area contributed by atoms with Crippen molar-refractivity contribution in [3.05, 3.63) is 54.1 Å². The lowest BCUT2D eigenvalue weighted by Crippen LogP contribution is -2.21. The number of fused-ring (bicyclic) bond motifs is 1. The van der Waals surface area contributed by atoms with Gasteiger partial charge in [-0.05, 0) is 62.7 Å². The van der Waals surface area contributed by atoms with Gasteiger partial charge in [0.2, 0.25) is 20.9 Å². The monoisotopic (exact) mass is 338 g/mol. The molecule has 0 unspecified atom stereocenters. The molecule has 124 valence electrons. The summed E-state index contributed by atoms with van der Waals surface area (Å²) in [7, 11) is 1.70. The van der Waals surface area contributed by atoms with Crippen molar-refractivity contribution in [2.24, 2.45) is 0 Å². The Labute approximate surface area is 148 Å². The van der Waals surface area contributed by atoms with Crippen molar-refractivity contribution >= 4 is 27.1 Å². The molecule has 0 fully saturated rings. The van der Waals surface area contributed by atoms with Crippen LogP contribution in [0.3, 0.4) is 0 Å². The second-order valence-corrected chi connectivity index (χ2v) is 6.96. The average molecular weight is 338 g/mol. The van der Waals surface area contributed by atoms with Crippen LogP contribution in [0.25, 0.3) is 20.5 Å². The van der Waals surface area contributed by atoms with Gasteiger partial charge in [-0.25, -0.2) is 0 Å². The number of hydrogen-bond donors (Lipinski definition) is 0. The van der Waals surface area contributed by atoms with Gasteiger partial charge in [0.05, 0.1) is 7.11 Å². The minimum absolute atomic E-state index is 0.894. The molecule has 3 rings (SSSR count). The van der Waals surface area contributed by atoms with Gasteiger partial charge in [-0.2, -0.15) is 0 Å². The quantitative estimate of drug-likeness (QED) is 0.528. The van der Waals surface area contributed by atoms with E-state index in [1.807, 2.05) is 23.5 Å². The molecule has 0 aliphatic heterocycles. The van der Waals surface area contributed by atoms with Crippen LogP contribution < -0.4 is 9.64 Å². The first kappa shape index (κ1) is 16.7. The first-order valence-electron chi connectivity index (χ1n) is 8.43. The summed E-state index contributed by atoms with van der Waals surface area (Å²) in [5, 5.41) is 1.35. The van der Waals surface area contributed by atoms with Gasteiger partial charge in [0.1, 0.15) is 5.75 Å². The van der Waals surface area contributed by atoms with Crippen LogP contribution in [0.2, 0.25) is 0 Å². The van der Waals surface area contributed by atoms with Crippen LogP contribution in [0.1, 0.15) is 19.4 Å². The largest absolute Gasteiger partial charge is 0.497 e. The molecule has 1 heterocycles. The van der Waals surface area contributed by atoms with E-state index in [2.05, 4.69) is 62.1 Å². The summed E-state index contributed by atoms with van der Waals surface area (Å²) in [6, 6.07) is 17.4. The molecule has 0 amide bonds. The van der Waals surface area contributed by atoms with Crippen molar-refractivity contribution in [3.8, 4) is 16.2 Å². The highest BCUT2D eigenvalue weighted by Gasteiger charge is 2.17. The predicted molar refractivity (Wildman–Crippen MR) is 107 cm³/mol. The van der Waals surface area contributed by atoms with E-state index in [4.69, 9.17) is 4.74 Å². The zero-order chi connectivity index (χ0) is 17.1. The molecule has 24 heavy (non-hydrogen) atoms. The number of anilines is 1. The van der Waals surface area contributed by atoms with Crippen molar-refractivity contribution in [1.82, 2.24) is 0 Å². The van der Waals surface area contributed by atoms with Gasteiger partial charge in [-0.3, -0.25) is 0 Å². The van der Waals surface area contributed by atoms with Gasteiger partial charge in [0.15, 0.2) is 0 Å². The third-order valence-electron chi connectivity index (χ3n) is 4.46. The molecule has 0 N–H and O–H groups in total. The molecule has 2 nitrogen and oxygen atoms in total. The van der Waals surface area contributed by atoms with Crippen LogP contribution in [-0.4, -0.2) is 20.2 Å². The zero-order valence-electron chi connectivity index (χ0n) is 14.8. The molecule has 3 heteroatoms. The van der Waals surface area contributed by atoms with Crippen LogP contribution in [0, 0.1) is 6.92 Å². The Morgan fingerprint density at radius 3 is 2.29 bits per heavy atom. The summed E-state index contributed by atoms with van der Waals surface area (Å²) in [5.74, 6) is 0.894. The summed E-state index contributed by atoms with van der Waals surface area (Å²) < 4.78 is 6.58. The van der Waals surface area contributed by atoms with Crippen LogP contribution in [-0.2, 0) is 0 Å². The van der Waals surface area contributed by atoms with E-state index in [0.717, 1.165) is 18.8 Å². The fourth-order valence-electron chi connectivity index (χ4n) is 3.02. The third kappa shape index (κ3) is 3.22. The molecule has 2 aromatic carbocycles. The average Bonchev–Trinajstić information content (AvgIpc) is 2.63. The lowest BCUT2D eigenvalue weighted by atomic mass is 10.1. The van der Waals surface area contributed by atoms with Crippen molar-refractivity contribution < 1.29 is 4.74 Å². The van der Waals surface area contributed by atoms with Gasteiger partial charge >= 0.3 is 0 Å². The number of benzene rings is 2. The first-order chi connectivity index (χ1) is 11.7. The molecule has 0 spiro atoms. The predicted octanol–water partition coefficient (Wildman–Crippen LogP) is 6.01. The topological polar surface area (TPSA) is 12.5 Å². The molecule has 0 bridgehead atoms. The zero-order valence-corrected chi connectivity index (χ0v) is 15.6. The van der Waals surface area contributed by atoms with E-state index in [0.29, 0.717) is 0 Å². The van der Waals surface area contributed by atoms with Crippen molar-refractivity contribution in [1.29, 1.82) is 0 Å². The van der Waals surface area contributed by atoms with Crippen LogP contribution >= 0.6 is 11.3 Å². The van der Waals surface area contributed by atoms with Crippen molar-refractivity contribution in [2.75, 3.05) is 25.1 Å². The number of aryl methyl sites for hydroxylation is 1. The molecule has 0 saturated carbocycles. The Bertz CT molecular complexity index is 838. The minimum atomic E-state index is 0.894. The molecule has 0 atom stereocenters. The highest BCUT2D eigenvalue weighted by Crippen LogP contribution is 2.35. The SMILES string of the molecule is CCN(CC)c1ccc2[s+]c(-c3ccc(OC)cc3)cc(C)c2c1. The highest BCUT2D eigenvalue weighted by molar-refractivity contribution is 7.21. The molecule has 0 aliphatic rings. The molecule has 0 radical (unpaired) electrons. The van der Waals surface area contributed by atoms with Crippen LogP contribution in [0.4, 0.5) is 5.69 Å². The lowest BCUT2D eigenvalue weighted by molar-refractivity contribution is 0.415. The second-order valence-electron chi connectivity index (χ2n) is 5.87. The van der Waals surface area contributed by atoms with Gasteiger partial charge in [0, 0.05) is 41.9 Å². The van der Waals surface area contributed by atoms with Crippen LogP contribution in [0.5, 0.6) is 5.75 Å². The Morgan fingerprint density at radius 1 is 0.958 bits per heavy atom. The summed E-state index contributed by atoms with van der Waals surface area (Å²) in [6.07, 6.45) is 0. The van der Waals surface area contributed by atoms with Gasteiger partial charge in [0.25, 0.3) is 0 Å². The van der Waals surface area contributed by atoms with E-state index >= 15 is 0 Å². The number of rotatable bonds is 5. The maximum atomic E-state index is 5.25. The van der Waals surface area contributed by atoms with Crippen LogP contribution in [0.15, 0.2) is 48.5 Å². The molecule has 0 aliphatic carbocycles. The Kier molecular flexibility index (Phi) is 5.00. The van der Waals surface area contributed by atoms with E-state index in [-0.39, 0.29) is 0 Å². The second kappa shape index (κ2) is 7.18. The minimum Gasteiger partial charge on any atom is -0.497 e. The standard InChI is InChI=1S/C21H24NOS/c1-5-22(6-2)17-9-12-20-19(14-17)15(3)13-21(24-20)16-7-10-18(23-4)11-8-16/h7-14H,5-6H2,1-4H3/q+1. The van der Waals surface area contributed by atoms with E-state index in [1.54, 1.807) is 7.11 Å². The maximum Gasteiger partial charge on any atom is 0.239 e. The first-order valence-corrected chi connectivity index (χ1v) is 9.24. The smallest absolute Gasteiger partial charge is 0.239 e. The number of hydrogen-bond acceptors (Lipinski definition) is 2. The van der Waals surface area contributed by atoms with Crippen molar-refractivity contribution in [2.45, 2.75) is 20.8 Å². The Hall–Kier alpha value is -2.13. The van der Waals surface area contributed by atoms with Gasteiger partial charge in [-0.15, -0.1) is 0 Å². The van der Waals surface area contributed by atoms with E-state index < -0.39 is 0 Å². The van der Waals surface area contributed by atoms with Gasteiger partial charge < -0.3 is 9.64 Å². The summed E-state index contributed by atoms with van der Waals surface area (Å²) in [5.41, 5.74) is 3.86. The lowest BCUT2D eigenvalue weighted by Gasteiger charge is -2.20. The highest BCUT2D eigenvalue weighted by atomic mass is 32.1. The Balaban J connectivity index is 2.05. The summed E-state index contributed by atoms with van der Waals surface area (Å²) in [6.45, 7) is 8.68. The van der Waals surface area contributed by atoms with Gasteiger partial charge in [-0.1, -0.05) is 0 Å². The fraction of sp³-hybridized carbons (Fsp3) is 0.286. The Morgan fingerprint density at radius 2 is 1.67 bits per heavy atom. The number of nitrogens with zero attached hydrogens (tertiary/aromatic N) is 1. The molecular weight excluding hydrogens is 314 g/mol. The summed E-state index contributed by atoms with van der Waals surface area (Å²) >= 11 is 1.84. The van der Waals surface area contributed by atoms with E-state index in [1.165, 1.54) is 31.8 Å².